The molecule has 6 heteroatoms. The van der Waals surface area contributed by atoms with Gasteiger partial charge in [-0.25, -0.2) is 13.1 Å². The van der Waals surface area contributed by atoms with Crippen molar-refractivity contribution in [2.75, 3.05) is 0 Å². The quantitative estimate of drug-likeness (QED) is 0.244. The molecule has 0 aliphatic heterocycles. The Morgan fingerprint density at radius 2 is 0.946 bits per heavy atom. The van der Waals surface area contributed by atoms with Gasteiger partial charge in [-0.1, -0.05) is 102 Å². The molecule has 0 bridgehead atoms. The molecular weight excluding hydrogens is 565 g/mol. The molecule has 0 heterocycles. The van der Waals surface area contributed by atoms with E-state index in [1.807, 2.05) is 80.6 Å². The van der Waals surface area contributed by atoms with Gasteiger partial charge in [-0.05, 0) is 69.0 Å². The van der Waals surface area contributed by atoms with Crippen LogP contribution in [0.1, 0.15) is 51.0 Å². The summed E-state index contributed by atoms with van der Waals surface area (Å²) in [6.45, 7) is 10.1. The van der Waals surface area contributed by atoms with Crippen LogP contribution in [-0.2, 0) is 29.5 Å². The first-order valence-corrected chi connectivity index (χ1v) is 13.5. The fourth-order valence-corrected chi connectivity index (χ4v) is 5.84. The van der Waals surface area contributed by atoms with E-state index in [0.717, 1.165) is 22.3 Å². The molecule has 4 nitrogen and oxygen atoms in total. The number of nitrogens with two attached hydrogens (primary N) is 1. The molecule has 0 spiro atoms. The molecule has 0 aliphatic rings. The van der Waals surface area contributed by atoms with Crippen molar-refractivity contribution in [2.45, 2.75) is 51.6 Å². The van der Waals surface area contributed by atoms with E-state index >= 15 is 0 Å². The average Bonchev–Trinajstić information content (AvgIpc) is 2.82. The third kappa shape index (κ3) is 9.01. The summed E-state index contributed by atoms with van der Waals surface area (Å²) in [5.41, 5.74) is 14.0. The molecule has 0 saturated heterocycles. The molecule has 0 aliphatic carbocycles. The first kappa shape index (κ1) is 30.6. The second-order valence-corrected chi connectivity index (χ2v) is 11.1. The third-order valence-corrected chi connectivity index (χ3v) is 7.28. The van der Waals surface area contributed by atoms with Crippen LogP contribution in [0.25, 0.3) is 0 Å². The van der Waals surface area contributed by atoms with Gasteiger partial charge in [-0.2, -0.15) is 0 Å². The molecule has 0 saturated carbocycles. The molecule has 0 radical (unpaired) electrons. The fourth-order valence-electron chi connectivity index (χ4n) is 4.40. The van der Waals surface area contributed by atoms with Gasteiger partial charge in [0.05, 0.1) is 17.0 Å². The standard InChI is InChI=1S/C22H24N2O2S.C9H12.Ru/c1-16-13-17(2)15-20(14-16)27(25,26)24-22(19-11-7-4-8-12-19)21(23)18-9-5-3-6-10-18;1-7-4-8(2)6-9(3)5-7;/h3-15,21-22,24H,23H2,1-2H3;4-6H,1-3H3;/t21-,22-;;/m1../s1. The number of hydrogen-bond acceptors (Lipinski definition) is 3. The van der Waals surface area contributed by atoms with Gasteiger partial charge in [-0.3, -0.25) is 0 Å². The molecule has 4 aromatic rings. The van der Waals surface area contributed by atoms with Gasteiger partial charge < -0.3 is 5.73 Å². The normalized spacial score (nSPS) is 12.5. The minimum Gasteiger partial charge on any atom is -0.322 e. The molecule has 0 unspecified atom stereocenters. The molecule has 0 aromatic heterocycles. The molecule has 37 heavy (non-hydrogen) atoms. The van der Waals surface area contributed by atoms with Gasteiger partial charge in [0, 0.05) is 19.5 Å². The molecule has 4 aromatic carbocycles. The summed E-state index contributed by atoms with van der Waals surface area (Å²) in [4.78, 5) is 0.251. The van der Waals surface area contributed by atoms with Gasteiger partial charge in [0.1, 0.15) is 0 Å². The van der Waals surface area contributed by atoms with Crippen molar-refractivity contribution in [1.82, 2.24) is 4.72 Å². The van der Waals surface area contributed by atoms with Crippen LogP contribution in [0.2, 0.25) is 0 Å². The van der Waals surface area contributed by atoms with Crippen LogP contribution >= 0.6 is 0 Å². The monoisotopic (exact) mass is 602 g/mol. The summed E-state index contributed by atoms with van der Waals surface area (Å²) in [5, 5.41) is 0. The molecule has 3 N–H and O–H groups in total. The van der Waals surface area contributed by atoms with Crippen LogP contribution in [0.15, 0.2) is 102 Å². The Balaban J connectivity index is 0.000000408. The summed E-state index contributed by atoms with van der Waals surface area (Å²) < 4.78 is 29.0. The van der Waals surface area contributed by atoms with Gasteiger partial charge in [-0.15, -0.1) is 0 Å². The second kappa shape index (κ2) is 13.8. The maximum atomic E-state index is 13.1. The Morgan fingerprint density at radius 1 is 0.595 bits per heavy atom. The predicted octanol–water partition coefficient (Wildman–Crippen LogP) is 6.63. The smallest absolute Gasteiger partial charge is 0.241 e. The summed E-state index contributed by atoms with van der Waals surface area (Å²) in [6.07, 6.45) is 0. The molecule has 0 fully saturated rings. The topological polar surface area (TPSA) is 72.2 Å². The summed E-state index contributed by atoms with van der Waals surface area (Å²) in [7, 11) is -3.74. The Morgan fingerprint density at radius 3 is 1.35 bits per heavy atom. The third-order valence-electron chi connectivity index (χ3n) is 5.86. The maximum absolute atomic E-state index is 13.1. The second-order valence-electron chi connectivity index (χ2n) is 9.43. The van der Waals surface area contributed by atoms with Crippen LogP contribution in [0.5, 0.6) is 0 Å². The zero-order valence-electron chi connectivity index (χ0n) is 22.0. The predicted molar refractivity (Wildman–Crippen MR) is 149 cm³/mol. The number of aryl methyl sites for hydroxylation is 5. The Bertz CT molecular complexity index is 1320. The molecule has 4 rings (SSSR count). The van der Waals surface area contributed by atoms with E-state index in [-0.39, 0.29) is 24.4 Å². The van der Waals surface area contributed by atoms with E-state index in [4.69, 9.17) is 5.73 Å². The zero-order valence-corrected chi connectivity index (χ0v) is 24.6. The van der Waals surface area contributed by atoms with E-state index in [2.05, 4.69) is 43.7 Å². The van der Waals surface area contributed by atoms with Crippen LogP contribution < -0.4 is 10.5 Å². The number of nitrogens with one attached hydrogen (secondary N) is 1. The van der Waals surface area contributed by atoms with Crippen molar-refractivity contribution in [2.24, 2.45) is 5.73 Å². The van der Waals surface area contributed by atoms with Gasteiger partial charge in [0.2, 0.25) is 10.0 Å². The summed E-state index contributed by atoms with van der Waals surface area (Å²) >= 11 is 0. The van der Waals surface area contributed by atoms with E-state index in [1.165, 1.54) is 16.7 Å². The van der Waals surface area contributed by atoms with Gasteiger partial charge in [0.25, 0.3) is 0 Å². The van der Waals surface area contributed by atoms with E-state index in [0.29, 0.717) is 0 Å². The zero-order chi connectivity index (χ0) is 26.3. The van der Waals surface area contributed by atoms with Crippen LogP contribution in [-0.4, -0.2) is 8.42 Å². The van der Waals surface area contributed by atoms with Crippen molar-refractivity contribution in [1.29, 1.82) is 0 Å². The van der Waals surface area contributed by atoms with E-state index in [9.17, 15) is 8.42 Å². The van der Waals surface area contributed by atoms with Crippen molar-refractivity contribution in [3.05, 3.63) is 136 Å². The number of rotatable bonds is 6. The van der Waals surface area contributed by atoms with Crippen molar-refractivity contribution >= 4 is 10.0 Å². The minimum absolute atomic E-state index is 0. The van der Waals surface area contributed by atoms with Crippen molar-refractivity contribution in [3.8, 4) is 0 Å². The van der Waals surface area contributed by atoms with E-state index in [1.54, 1.807) is 12.1 Å². The van der Waals surface area contributed by atoms with Gasteiger partial charge in [0.15, 0.2) is 0 Å². The number of hydrogen-bond donors (Lipinski definition) is 2. The maximum Gasteiger partial charge on any atom is 0.241 e. The fraction of sp³-hybridized carbons (Fsp3) is 0.226. The number of sulfonamides is 1. The van der Waals surface area contributed by atoms with E-state index < -0.39 is 22.1 Å². The van der Waals surface area contributed by atoms with Crippen LogP contribution in [0, 0.1) is 34.6 Å². The Hall–Kier alpha value is -2.63. The van der Waals surface area contributed by atoms with Crippen LogP contribution in [0.3, 0.4) is 0 Å². The molecule has 2 atom stereocenters. The SMILES string of the molecule is Cc1cc(C)cc(C)c1.Cc1cc(C)cc(S(=O)(=O)N[C@H](c2ccccc2)[C@H](N)c2ccccc2)c1.[Ru]. The average molecular weight is 602 g/mol. The number of benzene rings is 4. The summed E-state index contributed by atoms with van der Waals surface area (Å²) in [5.74, 6) is 0. The minimum atomic E-state index is -3.74. The van der Waals surface area contributed by atoms with Crippen LogP contribution in [0.4, 0.5) is 0 Å². The first-order valence-electron chi connectivity index (χ1n) is 12.1. The molecular formula is C31H36N2O2RuS. The Labute approximate surface area is 235 Å². The molecule has 196 valence electrons. The van der Waals surface area contributed by atoms with Crippen molar-refractivity contribution < 1.29 is 27.9 Å². The first-order chi connectivity index (χ1) is 17.0. The summed E-state index contributed by atoms with van der Waals surface area (Å²) in [6, 6.07) is 29.7. The Kier molecular flexibility index (Phi) is 11.4. The van der Waals surface area contributed by atoms with Gasteiger partial charge >= 0.3 is 0 Å². The molecule has 0 amide bonds. The van der Waals surface area contributed by atoms with Crippen molar-refractivity contribution in [3.63, 3.8) is 0 Å². The largest absolute Gasteiger partial charge is 0.322 e.